The van der Waals surface area contributed by atoms with Gasteiger partial charge in [0.1, 0.15) is 6.33 Å². The predicted octanol–water partition coefficient (Wildman–Crippen LogP) is 1.39. The van der Waals surface area contributed by atoms with Gasteiger partial charge in [0.25, 0.3) is 0 Å². The predicted molar refractivity (Wildman–Crippen MR) is 54.0 cm³/mol. The Morgan fingerprint density at radius 2 is 2.21 bits per heavy atom. The highest BCUT2D eigenvalue weighted by atomic mass is 15.0. The molecule has 0 amide bonds. The lowest BCUT2D eigenvalue weighted by Gasteiger charge is -2.12. The number of hydrogen-bond acceptors (Lipinski definition) is 3. The summed E-state index contributed by atoms with van der Waals surface area (Å²) in [5, 5.41) is 3.51. The first-order valence-electron chi connectivity index (χ1n) is 5.51. The minimum atomic E-state index is 0.504. The van der Waals surface area contributed by atoms with E-state index in [9.17, 15) is 0 Å². The molecular formula is C11H15N3. The van der Waals surface area contributed by atoms with Gasteiger partial charge in [-0.2, -0.15) is 0 Å². The Hall–Kier alpha value is -0.960. The van der Waals surface area contributed by atoms with Crippen LogP contribution in [0.2, 0.25) is 0 Å². The van der Waals surface area contributed by atoms with Crippen molar-refractivity contribution in [1.29, 1.82) is 0 Å². The molecule has 1 aliphatic carbocycles. The second kappa shape index (κ2) is 3.31. The fourth-order valence-electron chi connectivity index (χ4n) is 2.60. The Morgan fingerprint density at radius 3 is 3.07 bits per heavy atom. The summed E-state index contributed by atoms with van der Waals surface area (Å²) in [7, 11) is 0. The number of aromatic nitrogens is 2. The van der Waals surface area contributed by atoms with Crippen molar-refractivity contribution in [1.82, 2.24) is 15.3 Å². The van der Waals surface area contributed by atoms with E-state index >= 15 is 0 Å². The van der Waals surface area contributed by atoms with Crippen LogP contribution in [0.3, 0.4) is 0 Å². The normalized spacial score (nSPS) is 25.3. The van der Waals surface area contributed by atoms with Crippen LogP contribution in [-0.2, 0) is 12.8 Å². The smallest absolute Gasteiger partial charge is 0.116 e. The molecular weight excluding hydrogens is 174 g/mol. The first-order chi connectivity index (χ1) is 6.95. The summed E-state index contributed by atoms with van der Waals surface area (Å²) in [6.07, 6.45) is 7.85. The first kappa shape index (κ1) is 8.36. The van der Waals surface area contributed by atoms with Crippen LogP contribution in [0.15, 0.2) is 6.33 Å². The van der Waals surface area contributed by atoms with E-state index in [1.807, 2.05) is 0 Å². The summed E-state index contributed by atoms with van der Waals surface area (Å²) >= 11 is 0. The largest absolute Gasteiger partial charge is 0.309 e. The van der Waals surface area contributed by atoms with E-state index in [4.69, 9.17) is 0 Å². The zero-order chi connectivity index (χ0) is 9.38. The summed E-state index contributed by atoms with van der Waals surface area (Å²) in [6.45, 7) is 1.14. The van der Waals surface area contributed by atoms with Crippen molar-refractivity contribution < 1.29 is 0 Å². The quantitative estimate of drug-likeness (QED) is 0.725. The topological polar surface area (TPSA) is 37.8 Å². The van der Waals surface area contributed by atoms with Gasteiger partial charge in [0.05, 0.1) is 5.69 Å². The van der Waals surface area contributed by atoms with Crippen molar-refractivity contribution in [2.45, 2.75) is 38.1 Å². The van der Waals surface area contributed by atoms with Crippen LogP contribution in [0.4, 0.5) is 0 Å². The summed E-state index contributed by atoms with van der Waals surface area (Å²) in [5.41, 5.74) is 4.01. The molecule has 3 nitrogen and oxygen atoms in total. The monoisotopic (exact) mass is 189 g/mol. The zero-order valence-electron chi connectivity index (χ0n) is 8.29. The molecule has 1 aliphatic heterocycles. The van der Waals surface area contributed by atoms with Crippen molar-refractivity contribution in [2.24, 2.45) is 0 Å². The maximum absolute atomic E-state index is 4.46. The molecule has 1 N–H and O–H groups in total. The Labute approximate surface area is 84.0 Å². The fourth-order valence-corrected chi connectivity index (χ4v) is 2.60. The maximum Gasteiger partial charge on any atom is 0.116 e. The highest BCUT2D eigenvalue weighted by molar-refractivity contribution is 5.31. The van der Waals surface area contributed by atoms with Gasteiger partial charge in [-0.25, -0.2) is 9.97 Å². The second-order valence-corrected chi connectivity index (χ2v) is 4.19. The van der Waals surface area contributed by atoms with E-state index in [1.165, 1.54) is 42.6 Å². The van der Waals surface area contributed by atoms with E-state index in [0.29, 0.717) is 6.04 Å². The molecule has 1 saturated heterocycles. The number of hydrogen-bond donors (Lipinski definition) is 1. The van der Waals surface area contributed by atoms with Crippen LogP contribution in [0.25, 0.3) is 0 Å². The summed E-state index contributed by atoms with van der Waals surface area (Å²) in [5.74, 6) is 0. The van der Waals surface area contributed by atoms with Gasteiger partial charge in [0, 0.05) is 11.7 Å². The molecule has 0 bridgehead atoms. The zero-order valence-corrected chi connectivity index (χ0v) is 8.29. The molecule has 0 saturated carbocycles. The van der Waals surface area contributed by atoms with E-state index in [0.717, 1.165) is 13.0 Å². The Kier molecular flexibility index (Phi) is 1.98. The third-order valence-corrected chi connectivity index (χ3v) is 3.30. The Balaban J connectivity index is 2.00. The van der Waals surface area contributed by atoms with E-state index in [1.54, 1.807) is 6.33 Å². The summed E-state index contributed by atoms with van der Waals surface area (Å²) < 4.78 is 0. The molecule has 0 radical (unpaired) electrons. The minimum Gasteiger partial charge on any atom is -0.309 e. The standard InChI is InChI=1S/C11H15N3/c1-3-8-9(4-1)13-7-14-11(8)10-5-2-6-12-10/h7,10,12H,1-6H2/t10-/m0/s1. The molecule has 1 atom stereocenters. The van der Waals surface area contributed by atoms with Gasteiger partial charge in [-0.1, -0.05) is 0 Å². The van der Waals surface area contributed by atoms with Crippen molar-refractivity contribution in [2.75, 3.05) is 6.54 Å². The third kappa shape index (κ3) is 1.23. The molecule has 2 heterocycles. The van der Waals surface area contributed by atoms with Gasteiger partial charge < -0.3 is 5.32 Å². The van der Waals surface area contributed by atoms with Crippen LogP contribution in [0, 0.1) is 0 Å². The van der Waals surface area contributed by atoms with Crippen LogP contribution in [0.1, 0.15) is 42.3 Å². The van der Waals surface area contributed by atoms with Crippen molar-refractivity contribution in [3.05, 3.63) is 23.3 Å². The molecule has 2 aliphatic rings. The van der Waals surface area contributed by atoms with Gasteiger partial charge in [-0.05, 0) is 44.2 Å². The second-order valence-electron chi connectivity index (χ2n) is 4.19. The number of fused-ring (bicyclic) bond motifs is 1. The molecule has 1 aromatic rings. The number of rotatable bonds is 1. The van der Waals surface area contributed by atoms with Gasteiger partial charge in [0.15, 0.2) is 0 Å². The Bertz CT molecular complexity index is 342. The Morgan fingerprint density at radius 1 is 1.21 bits per heavy atom. The molecule has 3 rings (SSSR count). The maximum atomic E-state index is 4.46. The molecule has 0 spiro atoms. The minimum absolute atomic E-state index is 0.504. The number of nitrogens with zero attached hydrogens (tertiary/aromatic N) is 2. The third-order valence-electron chi connectivity index (χ3n) is 3.30. The first-order valence-corrected chi connectivity index (χ1v) is 5.51. The lowest BCUT2D eigenvalue weighted by molar-refractivity contribution is 0.617. The van der Waals surface area contributed by atoms with Crippen molar-refractivity contribution >= 4 is 0 Å². The molecule has 1 aromatic heterocycles. The fraction of sp³-hybridized carbons (Fsp3) is 0.636. The molecule has 0 aromatic carbocycles. The van der Waals surface area contributed by atoms with Gasteiger partial charge >= 0.3 is 0 Å². The average Bonchev–Trinajstić information content (AvgIpc) is 2.88. The lowest BCUT2D eigenvalue weighted by Crippen LogP contribution is -2.16. The highest BCUT2D eigenvalue weighted by Crippen LogP contribution is 2.29. The number of nitrogens with one attached hydrogen (secondary N) is 1. The summed E-state index contributed by atoms with van der Waals surface area (Å²) in [6, 6.07) is 0.504. The van der Waals surface area contributed by atoms with Crippen LogP contribution >= 0.6 is 0 Å². The molecule has 0 unspecified atom stereocenters. The molecule has 74 valence electrons. The van der Waals surface area contributed by atoms with E-state index in [-0.39, 0.29) is 0 Å². The molecule has 1 fully saturated rings. The van der Waals surface area contributed by atoms with Crippen LogP contribution in [-0.4, -0.2) is 16.5 Å². The number of aryl methyl sites for hydroxylation is 1. The van der Waals surface area contributed by atoms with Gasteiger partial charge in [-0.15, -0.1) is 0 Å². The van der Waals surface area contributed by atoms with Crippen molar-refractivity contribution in [3.8, 4) is 0 Å². The van der Waals surface area contributed by atoms with E-state index < -0.39 is 0 Å². The SMILES string of the molecule is c1nc2c(c([C@@H]3CCCN3)n1)CCC2. The van der Waals surface area contributed by atoms with Gasteiger partial charge in [0.2, 0.25) is 0 Å². The lowest BCUT2D eigenvalue weighted by atomic mass is 10.1. The van der Waals surface area contributed by atoms with Crippen LogP contribution < -0.4 is 5.32 Å². The average molecular weight is 189 g/mol. The van der Waals surface area contributed by atoms with Crippen molar-refractivity contribution in [3.63, 3.8) is 0 Å². The van der Waals surface area contributed by atoms with Crippen LogP contribution in [0.5, 0.6) is 0 Å². The molecule has 14 heavy (non-hydrogen) atoms. The summed E-state index contributed by atoms with van der Waals surface area (Å²) in [4.78, 5) is 8.81. The highest BCUT2D eigenvalue weighted by Gasteiger charge is 2.24. The molecule has 3 heteroatoms. The van der Waals surface area contributed by atoms with E-state index in [2.05, 4.69) is 15.3 Å². The van der Waals surface area contributed by atoms with Gasteiger partial charge in [-0.3, -0.25) is 0 Å².